The van der Waals surface area contributed by atoms with Gasteiger partial charge in [-0.3, -0.25) is 9.36 Å². The van der Waals surface area contributed by atoms with Gasteiger partial charge in [0.15, 0.2) is 15.0 Å². The molecule has 0 aliphatic carbocycles. The van der Waals surface area contributed by atoms with Gasteiger partial charge in [0, 0.05) is 17.0 Å². The van der Waals surface area contributed by atoms with E-state index in [1.807, 2.05) is 44.2 Å². The van der Waals surface area contributed by atoms with Gasteiger partial charge in [-0.05, 0) is 36.2 Å². The van der Waals surface area contributed by atoms with E-state index < -0.39 is 15.9 Å². The van der Waals surface area contributed by atoms with E-state index in [9.17, 15) is 13.2 Å². The molecule has 27 heavy (non-hydrogen) atoms. The van der Waals surface area contributed by atoms with Crippen molar-refractivity contribution in [2.75, 3.05) is 11.5 Å². The second-order valence-corrected chi connectivity index (χ2v) is 9.76. The molecule has 1 aromatic heterocycles. The highest BCUT2D eigenvalue weighted by Crippen LogP contribution is 2.33. The Balaban J connectivity index is 1.72. The molecular formula is C20H20N2O3S2. The maximum absolute atomic E-state index is 13.0. The highest BCUT2D eigenvalue weighted by Gasteiger charge is 2.31. The maximum Gasteiger partial charge on any atom is 0.257 e. The average molecular weight is 401 g/mol. The molecule has 7 heteroatoms. The van der Waals surface area contributed by atoms with Crippen LogP contribution in [0.1, 0.15) is 24.2 Å². The third kappa shape index (κ3) is 3.19. The molecule has 0 amide bonds. The number of hydrogen-bond donors (Lipinski definition) is 0. The molecule has 0 bridgehead atoms. The Kier molecular flexibility index (Phi) is 4.60. The molecule has 140 valence electrons. The molecule has 1 aliphatic heterocycles. The summed E-state index contributed by atoms with van der Waals surface area (Å²) in [5.41, 5.74) is 1.29. The van der Waals surface area contributed by atoms with Gasteiger partial charge in [0.2, 0.25) is 0 Å². The van der Waals surface area contributed by atoms with Gasteiger partial charge < -0.3 is 0 Å². The molecule has 4 rings (SSSR count). The van der Waals surface area contributed by atoms with Crippen LogP contribution < -0.4 is 5.56 Å². The van der Waals surface area contributed by atoms with Crippen LogP contribution in [0.25, 0.3) is 10.8 Å². The highest BCUT2D eigenvalue weighted by atomic mass is 32.2. The number of nitrogens with zero attached hydrogens (tertiary/aromatic N) is 2. The quantitative estimate of drug-likeness (QED) is 0.628. The van der Waals surface area contributed by atoms with Gasteiger partial charge in [0.25, 0.3) is 5.56 Å². The lowest BCUT2D eigenvalue weighted by molar-refractivity contribution is 0.520. The smallest absolute Gasteiger partial charge is 0.257 e. The number of aromatic nitrogens is 2. The van der Waals surface area contributed by atoms with Crippen molar-refractivity contribution >= 4 is 32.4 Å². The van der Waals surface area contributed by atoms with Crippen molar-refractivity contribution < 1.29 is 8.42 Å². The number of aryl methyl sites for hydroxylation is 1. The number of rotatable bonds is 4. The van der Waals surface area contributed by atoms with Crippen molar-refractivity contribution in [1.82, 2.24) is 9.55 Å². The fraction of sp³-hybridized carbons (Fsp3) is 0.300. The molecule has 3 aromatic rings. The van der Waals surface area contributed by atoms with Crippen molar-refractivity contribution in [1.29, 1.82) is 0 Å². The van der Waals surface area contributed by atoms with Crippen LogP contribution in [0, 0.1) is 6.92 Å². The summed E-state index contributed by atoms with van der Waals surface area (Å²) in [6.07, 6.45) is 0.590. The molecule has 0 unspecified atom stereocenters. The van der Waals surface area contributed by atoms with E-state index in [1.165, 1.54) is 11.8 Å². The summed E-state index contributed by atoms with van der Waals surface area (Å²) in [7, 11) is -3.53. The second kappa shape index (κ2) is 6.80. The van der Waals surface area contributed by atoms with Crippen molar-refractivity contribution in [3.63, 3.8) is 0 Å². The summed E-state index contributed by atoms with van der Waals surface area (Å²) in [6, 6.07) is 12.5. The molecule has 0 radical (unpaired) electrons. The third-order valence-electron chi connectivity index (χ3n) is 5.00. The average Bonchev–Trinajstić information content (AvgIpc) is 3.03. The van der Waals surface area contributed by atoms with E-state index >= 15 is 0 Å². The molecule has 1 aliphatic rings. The molecule has 0 saturated carbocycles. The van der Waals surface area contributed by atoms with Crippen LogP contribution in [0.3, 0.4) is 0 Å². The second-order valence-electron chi connectivity index (χ2n) is 6.74. The number of thioether (sulfide) groups is 1. The van der Waals surface area contributed by atoms with Gasteiger partial charge in [-0.2, -0.15) is 0 Å². The molecule has 5 nitrogen and oxygen atoms in total. The zero-order chi connectivity index (χ0) is 19.2. The summed E-state index contributed by atoms with van der Waals surface area (Å²) < 4.78 is 27.6. The highest BCUT2D eigenvalue weighted by molar-refractivity contribution is 7.99. The standard InChI is InChI=1S/C20H20N2O3S2/c1-3-18-13(2)21-20-22(19(18)23)16(11-26-20)12-27(24,25)17-9-8-14-6-4-5-7-15(14)10-17/h4-10,16H,3,11-12H2,1-2H3/t16-/m0/s1. The van der Waals surface area contributed by atoms with Crippen molar-refractivity contribution in [3.8, 4) is 0 Å². The Bertz CT molecular complexity index is 1200. The zero-order valence-corrected chi connectivity index (χ0v) is 16.8. The summed E-state index contributed by atoms with van der Waals surface area (Å²) in [5, 5.41) is 2.51. The summed E-state index contributed by atoms with van der Waals surface area (Å²) in [4.78, 5) is 17.6. The molecular weight excluding hydrogens is 380 g/mol. The molecule has 0 saturated heterocycles. The first-order chi connectivity index (χ1) is 12.9. The first kappa shape index (κ1) is 18.3. The van der Waals surface area contributed by atoms with Crippen LogP contribution in [0.5, 0.6) is 0 Å². The van der Waals surface area contributed by atoms with Gasteiger partial charge in [-0.15, -0.1) is 0 Å². The maximum atomic E-state index is 13.0. The molecule has 0 N–H and O–H groups in total. The number of benzene rings is 2. The van der Waals surface area contributed by atoms with Crippen LogP contribution in [-0.4, -0.2) is 29.5 Å². The Labute approximate surface area is 162 Å². The minimum atomic E-state index is -3.53. The summed E-state index contributed by atoms with van der Waals surface area (Å²) >= 11 is 1.45. The third-order valence-corrected chi connectivity index (χ3v) is 7.89. The minimum absolute atomic E-state index is 0.0981. The Hall–Kier alpha value is -2.12. The molecule has 0 spiro atoms. The van der Waals surface area contributed by atoms with E-state index in [0.717, 1.165) is 16.5 Å². The Morgan fingerprint density at radius 2 is 1.93 bits per heavy atom. The zero-order valence-electron chi connectivity index (χ0n) is 15.2. The number of fused-ring (bicyclic) bond motifs is 2. The van der Waals surface area contributed by atoms with Crippen LogP contribution in [0.15, 0.2) is 57.3 Å². The summed E-state index contributed by atoms with van der Waals surface area (Å²) in [5.74, 6) is 0.445. The van der Waals surface area contributed by atoms with Crippen molar-refractivity contribution in [2.24, 2.45) is 0 Å². The van der Waals surface area contributed by atoms with Crippen LogP contribution in [0.4, 0.5) is 0 Å². The fourth-order valence-electron chi connectivity index (χ4n) is 3.56. The first-order valence-electron chi connectivity index (χ1n) is 8.87. The minimum Gasteiger partial charge on any atom is -0.282 e. The van der Waals surface area contributed by atoms with E-state index in [4.69, 9.17) is 0 Å². The summed E-state index contributed by atoms with van der Waals surface area (Å²) in [6.45, 7) is 3.75. The van der Waals surface area contributed by atoms with Gasteiger partial charge >= 0.3 is 0 Å². The van der Waals surface area contributed by atoms with E-state index in [-0.39, 0.29) is 11.3 Å². The lowest BCUT2D eigenvalue weighted by Gasteiger charge is -2.15. The predicted octanol–water partition coefficient (Wildman–Crippen LogP) is 3.39. The Morgan fingerprint density at radius 3 is 2.67 bits per heavy atom. The van der Waals surface area contributed by atoms with Crippen molar-refractivity contribution in [2.45, 2.75) is 36.4 Å². The molecule has 2 aromatic carbocycles. The van der Waals surface area contributed by atoms with E-state index in [0.29, 0.717) is 27.8 Å². The van der Waals surface area contributed by atoms with E-state index in [1.54, 1.807) is 16.7 Å². The van der Waals surface area contributed by atoms with Crippen LogP contribution >= 0.6 is 11.8 Å². The molecule has 1 atom stereocenters. The molecule has 0 fully saturated rings. The monoisotopic (exact) mass is 400 g/mol. The van der Waals surface area contributed by atoms with Crippen LogP contribution in [-0.2, 0) is 16.3 Å². The van der Waals surface area contributed by atoms with Gasteiger partial charge in [0.05, 0.1) is 16.7 Å². The Morgan fingerprint density at radius 1 is 1.19 bits per heavy atom. The SMILES string of the molecule is CCc1c(C)nc2n(c1=O)[C@H](CS(=O)(=O)c1ccc3ccccc3c1)CS2. The first-order valence-corrected chi connectivity index (χ1v) is 11.5. The van der Waals surface area contributed by atoms with Crippen molar-refractivity contribution in [3.05, 3.63) is 64.1 Å². The largest absolute Gasteiger partial charge is 0.282 e. The number of sulfone groups is 1. The number of hydrogen-bond acceptors (Lipinski definition) is 5. The van der Waals surface area contributed by atoms with Gasteiger partial charge in [-0.1, -0.05) is 49.0 Å². The topological polar surface area (TPSA) is 69.0 Å². The van der Waals surface area contributed by atoms with E-state index in [2.05, 4.69) is 4.98 Å². The van der Waals surface area contributed by atoms with Gasteiger partial charge in [-0.25, -0.2) is 13.4 Å². The predicted molar refractivity (Wildman–Crippen MR) is 108 cm³/mol. The van der Waals surface area contributed by atoms with Gasteiger partial charge in [0.1, 0.15) is 0 Å². The normalized spacial score (nSPS) is 16.6. The fourth-order valence-corrected chi connectivity index (χ4v) is 6.44. The lowest BCUT2D eigenvalue weighted by atomic mass is 10.1. The van der Waals surface area contributed by atoms with Crippen LogP contribution in [0.2, 0.25) is 0 Å². The molecule has 2 heterocycles. The lowest BCUT2D eigenvalue weighted by Crippen LogP contribution is -2.31.